The van der Waals surface area contributed by atoms with E-state index in [0.717, 1.165) is 38.5 Å². The number of carbonyl (C=O) groups is 2. The van der Waals surface area contributed by atoms with Gasteiger partial charge < -0.3 is 16.2 Å². The number of rotatable bonds is 6. The van der Waals surface area contributed by atoms with Gasteiger partial charge in [0.2, 0.25) is 5.91 Å². The summed E-state index contributed by atoms with van der Waals surface area (Å²) in [4.78, 5) is 23.5. The van der Waals surface area contributed by atoms with Gasteiger partial charge in [-0.3, -0.25) is 4.79 Å². The lowest BCUT2D eigenvalue weighted by Crippen LogP contribution is -2.54. The fraction of sp³-hybridized carbons (Fsp3) is 0.548. The van der Waals surface area contributed by atoms with Gasteiger partial charge in [-0.05, 0) is 90.3 Å². The molecule has 1 saturated carbocycles. The Morgan fingerprint density at radius 3 is 2.39 bits per heavy atom. The molecule has 0 spiro atoms. The van der Waals surface area contributed by atoms with E-state index in [2.05, 4.69) is 52.8 Å². The molecule has 2 aliphatic carbocycles. The van der Waals surface area contributed by atoms with Crippen LogP contribution in [0.3, 0.4) is 0 Å². The highest BCUT2D eigenvalue weighted by atomic mass is 16.5. The molecule has 1 amide bonds. The van der Waals surface area contributed by atoms with Crippen molar-refractivity contribution >= 4 is 17.6 Å². The lowest BCUT2D eigenvalue weighted by Gasteiger charge is -2.54. The van der Waals surface area contributed by atoms with Gasteiger partial charge in [-0.25, -0.2) is 4.79 Å². The highest BCUT2D eigenvalue weighted by molar-refractivity contribution is 5.89. The third-order valence-electron chi connectivity index (χ3n) is 8.48. The summed E-state index contributed by atoms with van der Waals surface area (Å²) in [6.07, 6.45) is 7.31. The van der Waals surface area contributed by atoms with E-state index in [1.54, 1.807) is 24.3 Å². The van der Waals surface area contributed by atoms with Crippen molar-refractivity contribution in [1.29, 1.82) is 0 Å². The van der Waals surface area contributed by atoms with E-state index in [-0.39, 0.29) is 22.7 Å². The van der Waals surface area contributed by atoms with E-state index in [1.807, 2.05) is 0 Å². The molecule has 0 saturated heterocycles. The quantitative estimate of drug-likeness (QED) is 0.272. The molecule has 5 heteroatoms. The summed E-state index contributed by atoms with van der Waals surface area (Å²) in [5.41, 5.74) is 16.7. The van der Waals surface area contributed by atoms with Crippen LogP contribution in [0.25, 0.3) is 0 Å². The van der Waals surface area contributed by atoms with E-state index < -0.39 is 0 Å². The second kappa shape index (κ2) is 11.5. The molecular formula is C31H44N2O3. The molecule has 0 radical (unpaired) electrons. The third kappa shape index (κ3) is 5.77. The van der Waals surface area contributed by atoms with Gasteiger partial charge in [0.1, 0.15) is 0 Å². The summed E-state index contributed by atoms with van der Waals surface area (Å²) in [5.74, 6) is 0.561. The van der Waals surface area contributed by atoms with Crippen LogP contribution in [0, 0.1) is 11.3 Å². The van der Waals surface area contributed by atoms with Crippen LogP contribution in [0.2, 0.25) is 0 Å². The molecule has 4 rings (SSSR count). The SMILES string of the molecule is CC(C)c1ccc2c(c1)CCC1C(C)(C(N)=O)CCCC21C.CCCCOC(=O)c1ccc(N)cc1. The standard InChI is InChI=1S/C20H29NO.C11H15NO2/c1-13(2)14-6-8-16-15(12-14)7-9-17-19(16,3)10-5-11-20(17,4)18(21)22;1-2-3-8-14-11(13)9-4-6-10(12)7-5-9/h6,8,12-13,17H,5,7,9-11H2,1-4H3,(H2,21,22);4-7H,2-3,8,12H2,1H3. The predicted molar refractivity (Wildman–Crippen MR) is 147 cm³/mol. The van der Waals surface area contributed by atoms with Crippen LogP contribution in [0.4, 0.5) is 5.69 Å². The number of amides is 1. The Kier molecular flexibility index (Phi) is 8.86. The van der Waals surface area contributed by atoms with Crippen molar-refractivity contribution in [2.24, 2.45) is 17.1 Å². The lowest BCUT2D eigenvalue weighted by atomic mass is 9.49. The minimum Gasteiger partial charge on any atom is -0.462 e. The summed E-state index contributed by atoms with van der Waals surface area (Å²) in [6.45, 7) is 11.5. The smallest absolute Gasteiger partial charge is 0.338 e. The number of nitrogen functional groups attached to an aromatic ring is 1. The monoisotopic (exact) mass is 492 g/mol. The molecule has 3 atom stereocenters. The van der Waals surface area contributed by atoms with Crippen molar-refractivity contribution < 1.29 is 14.3 Å². The lowest BCUT2D eigenvalue weighted by molar-refractivity contribution is -0.135. The number of primary amides is 1. The van der Waals surface area contributed by atoms with Crippen molar-refractivity contribution in [2.45, 2.75) is 90.9 Å². The zero-order valence-corrected chi connectivity index (χ0v) is 22.7. The number of ether oxygens (including phenoxy) is 1. The molecule has 2 aromatic rings. The van der Waals surface area contributed by atoms with Gasteiger partial charge in [0, 0.05) is 11.1 Å². The van der Waals surface area contributed by atoms with Gasteiger partial charge in [0.25, 0.3) is 0 Å². The van der Waals surface area contributed by atoms with Crippen molar-refractivity contribution in [3.63, 3.8) is 0 Å². The largest absolute Gasteiger partial charge is 0.462 e. The summed E-state index contributed by atoms with van der Waals surface area (Å²) in [6, 6.07) is 13.7. The van der Waals surface area contributed by atoms with E-state index in [4.69, 9.17) is 16.2 Å². The molecule has 0 aromatic heterocycles. The summed E-state index contributed by atoms with van der Waals surface area (Å²) < 4.78 is 5.03. The molecule has 0 heterocycles. The zero-order valence-electron chi connectivity index (χ0n) is 22.7. The van der Waals surface area contributed by atoms with Crippen LogP contribution in [0.5, 0.6) is 0 Å². The van der Waals surface area contributed by atoms with Crippen molar-refractivity contribution in [1.82, 2.24) is 0 Å². The Labute approximate surface area is 217 Å². The molecule has 5 nitrogen and oxygen atoms in total. The second-order valence-corrected chi connectivity index (χ2v) is 11.3. The fourth-order valence-electron chi connectivity index (χ4n) is 6.18. The Morgan fingerprint density at radius 2 is 1.78 bits per heavy atom. The number of nitrogens with two attached hydrogens (primary N) is 2. The zero-order chi connectivity index (χ0) is 26.5. The molecular weight excluding hydrogens is 448 g/mol. The number of carbonyl (C=O) groups excluding carboxylic acids is 2. The van der Waals surface area contributed by atoms with Gasteiger partial charge in [0.05, 0.1) is 12.2 Å². The maximum atomic E-state index is 12.2. The number of fused-ring (bicyclic) bond motifs is 3. The summed E-state index contributed by atoms with van der Waals surface area (Å²) >= 11 is 0. The summed E-state index contributed by atoms with van der Waals surface area (Å²) in [7, 11) is 0. The number of unbranched alkanes of at least 4 members (excludes halogenated alkanes) is 1. The maximum Gasteiger partial charge on any atom is 0.338 e. The first-order valence-corrected chi connectivity index (χ1v) is 13.5. The van der Waals surface area contributed by atoms with Gasteiger partial charge in [-0.1, -0.05) is 65.7 Å². The Bertz CT molecular complexity index is 1060. The normalized spacial score (nSPS) is 24.7. The van der Waals surface area contributed by atoms with Crippen LogP contribution in [0.1, 0.15) is 106 Å². The van der Waals surface area contributed by atoms with E-state index >= 15 is 0 Å². The molecule has 36 heavy (non-hydrogen) atoms. The second-order valence-electron chi connectivity index (χ2n) is 11.3. The van der Waals surface area contributed by atoms with E-state index in [9.17, 15) is 9.59 Å². The van der Waals surface area contributed by atoms with Gasteiger partial charge in [-0.15, -0.1) is 0 Å². The highest BCUT2D eigenvalue weighted by Gasteiger charge is 2.54. The van der Waals surface area contributed by atoms with Gasteiger partial charge in [0.15, 0.2) is 0 Å². The molecule has 2 aliphatic rings. The Hall–Kier alpha value is -2.82. The molecule has 2 aromatic carbocycles. The average Bonchev–Trinajstić information content (AvgIpc) is 2.84. The molecule has 0 bridgehead atoms. The minimum absolute atomic E-state index is 0.102. The van der Waals surface area contributed by atoms with Gasteiger partial charge in [-0.2, -0.15) is 0 Å². The number of hydrogen-bond donors (Lipinski definition) is 2. The first-order chi connectivity index (χ1) is 17.0. The van der Waals surface area contributed by atoms with E-state index in [0.29, 0.717) is 29.7 Å². The number of esters is 1. The van der Waals surface area contributed by atoms with Crippen molar-refractivity contribution in [3.05, 3.63) is 64.7 Å². The molecule has 1 fully saturated rings. The topological polar surface area (TPSA) is 95.4 Å². The molecule has 0 aliphatic heterocycles. The average molecular weight is 493 g/mol. The molecule has 4 N–H and O–H groups in total. The summed E-state index contributed by atoms with van der Waals surface area (Å²) in [5, 5.41) is 0. The van der Waals surface area contributed by atoms with Crippen molar-refractivity contribution in [2.75, 3.05) is 12.3 Å². The number of hydrogen-bond acceptors (Lipinski definition) is 4. The minimum atomic E-state index is -0.346. The van der Waals surface area contributed by atoms with Gasteiger partial charge >= 0.3 is 5.97 Å². The fourth-order valence-corrected chi connectivity index (χ4v) is 6.18. The number of anilines is 1. The number of benzene rings is 2. The maximum absolute atomic E-state index is 12.2. The van der Waals surface area contributed by atoms with Crippen LogP contribution in [0.15, 0.2) is 42.5 Å². The Balaban J connectivity index is 0.000000223. The van der Waals surface area contributed by atoms with Crippen LogP contribution in [-0.2, 0) is 21.4 Å². The van der Waals surface area contributed by atoms with E-state index in [1.165, 1.54) is 23.1 Å². The Morgan fingerprint density at radius 1 is 1.08 bits per heavy atom. The third-order valence-corrected chi connectivity index (χ3v) is 8.48. The van der Waals surface area contributed by atoms with Crippen LogP contribution in [-0.4, -0.2) is 18.5 Å². The first-order valence-electron chi connectivity index (χ1n) is 13.5. The number of aryl methyl sites for hydroxylation is 1. The molecule has 3 unspecified atom stereocenters. The van der Waals surface area contributed by atoms with Crippen LogP contribution < -0.4 is 11.5 Å². The molecule has 196 valence electrons. The first kappa shape index (κ1) is 27.8. The predicted octanol–water partition coefficient (Wildman–Crippen LogP) is 6.53. The van der Waals surface area contributed by atoms with Crippen molar-refractivity contribution in [3.8, 4) is 0 Å². The highest BCUT2D eigenvalue weighted by Crippen LogP contribution is 2.57. The van der Waals surface area contributed by atoms with Crippen LogP contribution >= 0.6 is 0 Å².